The molecule has 0 aliphatic rings. The first-order chi connectivity index (χ1) is 12.0. The van der Waals surface area contributed by atoms with Gasteiger partial charge in [-0.25, -0.2) is 0 Å². The van der Waals surface area contributed by atoms with Crippen LogP contribution < -0.4 is 5.32 Å². The molecule has 25 heavy (non-hydrogen) atoms. The van der Waals surface area contributed by atoms with E-state index in [9.17, 15) is 4.79 Å². The molecule has 1 aromatic carbocycles. The van der Waals surface area contributed by atoms with Gasteiger partial charge >= 0.3 is 0 Å². The number of nitrogens with one attached hydrogen (secondary N) is 1. The van der Waals surface area contributed by atoms with E-state index in [2.05, 4.69) is 27.5 Å². The van der Waals surface area contributed by atoms with Crippen LogP contribution in [0.2, 0.25) is 0 Å². The van der Waals surface area contributed by atoms with E-state index in [0.717, 1.165) is 29.2 Å². The number of hydrogen-bond acceptors (Lipinski definition) is 4. The van der Waals surface area contributed by atoms with Crippen LogP contribution in [-0.2, 0) is 6.54 Å². The summed E-state index contributed by atoms with van der Waals surface area (Å²) in [6, 6.07) is 7.25. The molecule has 2 heterocycles. The average Bonchev–Trinajstić information content (AvgIpc) is 3.23. The van der Waals surface area contributed by atoms with Crippen molar-refractivity contribution < 1.29 is 4.79 Å². The number of nitrogens with zero attached hydrogens (tertiary/aromatic N) is 5. The lowest BCUT2D eigenvalue weighted by Crippen LogP contribution is -2.27. The van der Waals surface area contributed by atoms with Gasteiger partial charge in [0.1, 0.15) is 12.7 Å². The van der Waals surface area contributed by atoms with E-state index in [1.807, 2.05) is 43.7 Å². The van der Waals surface area contributed by atoms with Gasteiger partial charge in [-0.3, -0.25) is 14.0 Å². The lowest BCUT2D eigenvalue weighted by atomic mass is 10.1. The van der Waals surface area contributed by atoms with Crippen molar-refractivity contribution in [1.29, 1.82) is 0 Å². The molecular weight excluding hydrogens is 316 g/mol. The van der Waals surface area contributed by atoms with Gasteiger partial charge in [-0.1, -0.05) is 6.07 Å². The van der Waals surface area contributed by atoms with Crippen molar-refractivity contribution >= 4 is 5.91 Å². The predicted molar refractivity (Wildman–Crippen MR) is 94.6 cm³/mol. The maximum absolute atomic E-state index is 12.7. The summed E-state index contributed by atoms with van der Waals surface area (Å²) in [4.78, 5) is 12.7. The van der Waals surface area contributed by atoms with Crippen LogP contribution in [0.4, 0.5) is 0 Å². The Morgan fingerprint density at radius 2 is 1.96 bits per heavy atom. The van der Waals surface area contributed by atoms with Crippen LogP contribution in [0.15, 0.2) is 36.9 Å². The summed E-state index contributed by atoms with van der Waals surface area (Å²) in [7, 11) is 0. The predicted octanol–water partition coefficient (Wildman–Crippen LogP) is 2.59. The quantitative estimate of drug-likeness (QED) is 0.776. The summed E-state index contributed by atoms with van der Waals surface area (Å²) in [5.41, 5.74) is 4.55. The highest BCUT2D eigenvalue weighted by Crippen LogP contribution is 2.22. The number of hydrogen-bond donors (Lipinski definition) is 1. The summed E-state index contributed by atoms with van der Waals surface area (Å²) < 4.78 is 3.72. The van der Waals surface area contributed by atoms with Crippen LogP contribution in [0.1, 0.15) is 47.2 Å². The number of carbonyl (C=O) groups is 1. The molecule has 7 nitrogen and oxygen atoms in total. The summed E-state index contributed by atoms with van der Waals surface area (Å²) >= 11 is 0. The summed E-state index contributed by atoms with van der Waals surface area (Å²) in [5, 5.41) is 15.2. The zero-order chi connectivity index (χ0) is 18.0. The van der Waals surface area contributed by atoms with E-state index in [4.69, 9.17) is 0 Å². The van der Waals surface area contributed by atoms with Crippen molar-refractivity contribution in [1.82, 2.24) is 29.9 Å². The SMILES string of the molecule is CCn1nc(C)c([C@@H](C)NC(=O)c2cccc(-n3cnnc3)c2)c1C. The molecule has 1 N–H and O–H groups in total. The number of aromatic nitrogens is 5. The third-order valence-electron chi connectivity index (χ3n) is 4.34. The van der Waals surface area contributed by atoms with Crippen LogP contribution in [0, 0.1) is 13.8 Å². The smallest absolute Gasteiger partial charge is 0.251 e. The molecular formula is C18H22N6O. The largest absolute Gasteiger partial charge is 0.345 e. The van der Waals surface area contributed by atoms with Crippen molar-refractivity contribution in [3.63, 3.8) is 0 Å². The van der Waals surface area contributed by atoms with E-state index < -0.39 is 0 Å². The van der Waals surface area contributed by atoms with Crippen LogP contribution in [0.5, 0.6) is 0 Å². The molecule has 1 amide bonds. The molecule has 0 saturated carbocycles. The van der Waals surface area contributed by atoms with Crippen LogP contribution >= 0.6 is 0 Å². The second kappa shape index (κ2) is 6.88. The topological polar surface area (TPSA) is 77.6 Å². The fourth-order valence-electron chi connectivity index (χ4n) is 3.14. The minimum Gasteiger partial charge on any atom is -0.345 e. The number of amides is 1. The molecule has 0 unspecified atom stereocenters. The average molecular weight is 338 g/mol. The highest BCUT2D eigenvalue weighted by Gasteiger charge is 2.19. The number of carbonyl (C=O) groups excluding carboxylic acids is 1. The highest BCUT2D eigenvalue weighted by molar-refractivity contribution is 5.95. The van der Waals surface area contributed by atoms with Gasteiger partial charge < -0.3 is 5.32 Å². The molecule has 1 atom stereocenters. The zero-order valence-corrected chi connectivity index (χ0v) is 14.9. The maximum Gasteiger partial charge on any atom is 0.251 e. The van der Waals surface area contributed by atoms with Crippen molar-refractivity contribution in [2.24, 2.45) is 0 Å². The molecule has 0 bridgehead atoms. The van der Waals surface area contributed by atoms with E-state index in [-0.39, 0.29) is 11.9 Å². The van der Waals surface area contributed by atoms with E-state index in [1.165, 1.54) is 0 Å². The molecule has 2 aromatic heterocycles. The number of aryl methyl sites for hydroxylation is 2. The molecule has 3 aromatic rings. The molecule has 0 aliphatic carbocycles. The second-order valence-corrected chi connectivity index (χ2v) is 6.01. The fraction of sp³-hybridized carbons (Fsp3) is 0.333. The van der Waals surface area contributed by atoms with Crippen LogP contribution in [0.3, 0.4) is 0 Å². The Hall–Kier alpha value is -2.96. The van der Waals surface area contributed by atoms with Gasteiger partial charge in [0.2, 0.25) is 0 Å². The lowest BCUT2D eigenvalue weighted by molar-refractivity contribution is 0.0939. The Morgan fingerprint density at radius 3 is 2.60 bits per heavy atom. The highest BCUT2D eigenvalue weighted by atomic mass is 16.1. The molecule has 7 heteroatoms. The van der Waals surface area contributed by atoms with E-state index in [1.54, 1.807) is 23.3 Å². The molecule has 0 saturated heterocycles. The first-order valence-corrected chi connectivity index (χ1v) is 8.31. The lowest BCUT2D eigenvalue weighted by Gasteiger charge is -2.15. The maximum atomic E-state index is 12.7. The molecule has 0 spiro atoms. The summed E-state index contributed by atoms with van der Waals surface area (Å²) in [5.74, 6) is -0.120. The summed E-state index contributed by atoms with van der Waals surface area (Å²) in [6.45, 7) is 8.87. The van der Waals surface area contributed by atoms with Gasteiger partial charge in [0, 0.05) is 29.1 Å². The first kappa shape index (κ1) is 16.9. The van der Waals surface area contributed by atoms with Crippen LogP contribution in [-0.4, -0.2) is 30.5 Å². The van der Waals surface area contributed by atoms with Crippen LogP contribution in [0.25, 0.3) is 5.69 Å². The number of benzene rings is 1. The molecule has 130 valence electrons. The molecule has 0 radical (unpaired) electrons. The monoisotopic (exact) mass is 338 g/mol. The zero-order valence-electron chi connectivity index (χ0n) is 14.9. The van der Waals surface area contributed by atoms with Crippen molar-refractivity contribution in [3.05, 3.63) is 59.4 Å². The van der Waals surface area contributed by atoms with E-state index in [0.29, 0.717) is 5.56 Å². The Morgan fingerprint density at radius 1 is 1.24 bits per heavy atom. The van der Waals surface area contributed by atoms with Gasteiger partial charge in [0.15, 0.2) is 0 Å². The van der Waals surface area contributed by atoms with Gasteiger partial charge in [-0.2, -0.15) is 5.10 Å². The first-order valence-electron chi connectivity index (χ1n) is 8.31. The van der Waals surface area contributed by atoms with Crippen molar-refractivity contribution in [3.8, 4) is 5.69 Å². The molecule has 0 aliphatic heterocycles. The summed E-state index contributed by atoms with van der Waals surface area (Å²) in [6.07, 6.45) is 3.21. The minimum absolute atomic E-state index is 0.119. The molecule has 0 fully saturated rings. The van der Waals surface area contributed by atoms with Gasteiger partial charge in [-0.05, 0) is 45.9 Å². The van der Waals surface area contributed by atoms with Gasteiger partial charge in [-0.15, -0.1) is 10.2 Å². The Kier molecular flexibility index (Phi) is 4.65. The normalized spacial score (nSPS) is 12.2. The third-order valence-corrected chi connectivity index (χ3v) is 4.34. The third kappa shape index (κ3) is 3.31. The molecule has 3 rings (SSSR count). The van der Waals surface area contributed by atoms with Gasteiger partial charge in [0.05, 0.1) is 11.7 Å². The minimum atomic E-state index is -0.120. The van der Waals surface area contributed by atoms with E-state index >= 15 is 0 Å². The van der Waals surface area contributed by atoms with Crippen molar-refractivity contribution in [2.75, 3.05) is 0 Å². The Bertz CT molecular complexity index is 881. The van der Waals surface area contributed by atoms with Gasteiger partial charge in [0.25, 0.3) is 5.91 Å². The Labute approximate surface area is 146 Å². The fourth-order valence-corrected chi connectivity index (χ4v) is 3.14. The Balaban J connectivity index is 1.81. The number of rotatable bonds is 5. The standard InChI is InChI=1S/C18H22N6O/c1-5-24-14(4)17(13(3)22-24)12(2)21-18(25)15-7-6-8-16(9-15)23-10-19-20-11-23/h6-12H,5H2,1-4H3,(H,21,25)/t12-/m1/s1. The second-order valence-electron chi connectivity index (χ2n) is 6.01. The van der Waals surface area contributed by atoms with Crippen molar-refractivity contribution in [2.45, 2.75) is 40.3 Å².